The van der Waals surface area contributed by atoms with E-state index in [4.69, 9.17) is 0 Å². The third-order valence-electron chi connectivity index (χ3n) is 3.45. The van der Waals surface area contributed by atoms with E-state index in [-0.39, 0.29) is 0 Å². The second-order valence-corrected chi connectivity index (χ2v) is 4.37. The van der Waals surface area contributed by atoms with Gasteiger partial charge in [-0.15, -0.1) is 0 Å². The Bertz CT molecular complexity index is 320. The first-order valence-corrected chi connectivity index (χ1v) is 6.23. The Labute approximate surface area is 97.9 Å². The lowest BCUT2D eigenvalue weighted by Gasteiger charge is -2.35. The van der Waals surface area contributed by atoms with Gasteiger partial charge in [0.2, 0.25) is 0 Å². The zero-order chi connectivity index (χ0) is 11.4. The van der Waals surface area contributed by atoms with Crippen LogP contribution >= 0.6 is 0 Å². The fourth-order valence-corrected chi connectivity index (χ4v) is 2.50. The van der Waals surface area contributed by atoms with Gasteiger partial charge in [-0.25, -0.2) is 4.98 Å². The van der Waals surface area contributed by atoms with Crippen molar-refractivity contribution in [2.75, 3.05) is 25.5 Å². The number of anilines is 1. The Balaban J connectivity index is 2.14. The molecule has 0 unspecified atom stereocenters. The Morgan fingerprint density at radius 2 is 2.31 bits per heavy atom. The Morgan fingerprint density at radius 1 is 1.44 bits per heavy atom. The molecular weight excluding hydrogens is 198 g/mol. The van der Waals surface area contributed by atoms with Gasteiger partial charge in [-0.05, 0) is 37.6 Å². The predicted octanol–water partition coefficient (Wildman–Crippen LogP) is 2.67. The fraction of sp³-hybridized carbons (Fsp3) is 0.615. The predicted molar refractivity (Wildman–Crippen MR) is 67.6 cm³/mol. The average Bonchev–Trinajstić information content (AvgIpc) is 2.39. The summed E-state index contributed by atoms with van der Waals surface area (Å²) in [6.07, 6.45) is 5.97. The maximum Gasteiger partial charge on any atom is 0.125 e. The van der Waals surface area contributed by atoms with E-state index in [0.29, 0.717) is 6.04 Å². The summed E-state index contributed by atoms with van der Waals surface area (Å²) in [7, 11) is 1.90. The molecular formula is C13H21N3. The van der Waals surface area contributed by atoms with Crippen LogP contribution in [0.15, 0.2) is 18.3 Å². The number of hydrogen-bond acceptors (Lipinski definition) is 3. The molecule has 0 spiro atoms. The van der Waals surface area contributed by atoms with E-state index in [2.05, 4.69) is 34.3 Å². The van der Waals surface area contributed by atoms with Crippen LogP contribution < -0.4 is 5.32 Å². The van der Waals surface area contributed by atoms with E-state index in [1.54, 1.807) is 0 Å². The number of hydrogen-bond donors (Lipinski definition) is 1. The summed E-state index contributed by atoms with van der Waals surface area (Å²) in [6.45, 7) is 4.61. The Morgan fingerprint density at radius 3 is 2.94 bits per heavy atom. The number of aromatic nitrogens is 1. The molecule has 1 aliphatic heterocycles. The van der Waals surface area contributed by atoms with Gasteiger partial charge in [0.15, 0.2) is 0 Å². The molecule has 1 aromatic rings. The van der Waals surface area contributed by atoms with Crippen molar-refractivity contribution in [2.24, 2.45) is 0 Å². The monoisotopic (exact) mass is 219 g/mol. The molecule has 16 heavy (non-hydrogen) atoms. The molecule has 1 aliphatic rings. The van der Waals surface area contributed by atoms with E-state index in [0.717, 1.165) is 12.4 Å². The third-order valence-corrected chi connectivity index (χ3v) is 3.45. The fourth-order valence-electron chi connectivity index (χ4n) is 2.50. The van der Waals surface area contributed by atoms with Gasteiger partial charge in [-0.2, -0.15) is 0 Å². The van der Waals surface area contributed by atoms with Crippen LogP contribution in [0.25, 0.3) is 0 Å². The molecule has 0 aliphatic carbocycles. The summed E-state index contributed by atoms with van der Waals surface area (Å²) in [6, 6.07) is 4.85. The smallest absolute Gasteiger partial charge is 0.125 e. The van der Waals surface area contributed by atoms with Crippen LogP contribution in [-0.2, 0) is 0 Å². The van der Waals surface area contributed by atoms with Crippen molar-refractivity contribution < 1.29 is 0 Å². The molecule has 3 heteroatoms. The number of rotatable bonds is 3. The van der Waals surface area contributed by atoms with E-state index in [9.17, 15) is 0 Å². The second-order valence-electron chi connectivity index (χ2n) is 4.37. The number of piperidine rings is 1. The molecule has 1 atom stereocenters. The summed E-state index contributed by atoms with van der Waals surface area (Å²) in [5.74, 6) is 0.947. The van der Waals surface area contributed by atoms with Gasteiger partial charge in [-0.3, -0.25) is 4.90 Å². The van der Waals surface area contributed by atoms with Gasteiger partial charge in [0.05, 0.1) is 0 Å². The minimum Gasteiger partial charge on any atom is -0.373 e. The summed E-state index contributed by atoms with van der Waals surface area (Å²) in [4.78, 5) is 6.96. The van der Waals surface area contributed by atoms with Gasteiger partial charge in [0.25, 0.3) is 0 Å². The molecule has 88 valence electrons. The van der Waals surface area contributed by atoms with Crippen LogP contribution in [0.5, 0.6) is 0 Å². The van der Waals surface area contributed by atoms with Crippen molar-refractivity contribution in [3.8, 4) is 0 Å². The molecule has 0 bridgehead atoms. The van der Waals surface area contributed by atoms with Crippen LogP contribution in [0.2, 0.25) is 0 Å². The molecule has 1 saturated heterocycles. The average molecular weight is 219 g/mol. The third kappa shape index (κ3) is 2.35. The minimum atomic E-state index is 0.581. The van der Waals surface area contributed by atoms with Crippen molar-refractivity contribution in [2.45, 2.75) is 32.2 Å². The van der Waals surface area contributed by atoms with Crippen molar-refractivity contribution >= 4 is 5.82 Å². The van der Waals surface area contributed by atoms with Gasteiger partial charge < -0.3 is 5.32 Å². The molecule has 1 aromatic heterocycles. The van der Waals surface area contributed by atoms with Crippen LogP contribution in [0.4, 0.5) is 5.82 Å². The molecule has 1 N–H and O–H groups in total. The summed E-state index contributed by atoms with van der Waals surface area (Å²) in [5, 5.41) is 3.06. The molecule has 0 radical (unpaired) electrons. The molecule has 1 fully saturated rings. The first-order valence-electron chi connectivity index (χ1n) is 6.23. The van der Waals surface area contributed by atoms with Crippen molar-refractivity contribution in [1.82, 2.24) is 9.88 Å². The summed E-state index contributed by atoms with van der Waals surface area (Å²) >= 11 is 0. The van der Waals surface area contributed by atoms with E-state index >= 15 is 0 Å². The lowest BCUT2D eigenvalue weighted by atomic mass is 9.96. The highest BCUT2D eigenvalue weighted by Crippen LogP contribution is 2.30. The van der Waals surface area contributed by atoms with Crippen molar-refractivity contribution in [3.05, 3.63) is 23.9 Å². The number of pyridine rings is 1. The van der Waals surface area contributed by atoms with Crippen LogP contribution in [-0.4, -0.2) is 30.0 Å². The molecule has 0 aromatic carbocycles. The first kappa shape index (κ1) is 11.4. The lowest BCUT2D eigenvalue weighted by Crippen LogP contribution is -2.33. The second kappa shape index (κ2) is 5.30. The SMILES string of the molecule is CCN1CCCC[C@H]1c1ccc(NC)nc1. The van der Waals surface area contributed by atoms with E-state index < -0.39 is 0 Å². The van der Waals surface area contributed by atoms with Gasteiger partial charge >= 0.3 is 0 Å². The Hall–Kier alpha value is -1.09. The summed E-state index contributed by atoms with van der Waals surface area (Å²) in [5.41, 5.74) is 1.36. The van der Waals surface area contributed by atoms with Crippen molar-refractivity contribution in [1.29, 1.82) is 0 Å². The largest absolute Gasteiger partial charge is 0.373 e. The highest BCUT2D eigenvalue weighted by molar-refractivity contribution is 5.35. The van der Waals surface area contributed by atoms with Crippen LogP contribution in [0, 0.1) is 0 Å². The van der Waals surface area contributed by atoms with Gasteiger partial charge in [-0.1, -0.05) is 19.4 Å². The maximum absolute atomic E-state index is 4.40. The molecule has 3 nitrogen and oxygen atoms in total. The van der Waals surface area contributed by atoms with Crippen LogP contribution in [0.3, 0.4) is 0 Å². The van der Waals surface area contributed by atoms with E-state index in [1.807, 2.05) is 13.2 Å². The first-order chi connectivity index (χ1) is 7.85. The maximum atomic E-state index is 4.40. The van der Waals surface area contributed by atoms with Gasteiger partial charge in [0, 0.05) is 19.3 Å². The van der Waals surface area contributed by atoms with E-state index in [1.165, 1.54) is 31.4 Å². The molecule has 2 rings (SSSR count). The number of nitrogens with zero attached hydrogens (tertiary/aromatic N) is 2. The van der Waals surface area contributed by atoms with Crippen molar-refractivity contribution in [3.63, 3.8) is 0 Å². The number of likely N-dealkylation sites (tertiary alicyclic amines) is 1. The highest BCUT2D eigenvalue weighted by Gasteiger charge is 2.22. The quantitative estimate of drug-likeness (QED) is 0.847. The Kier molecular flexibility index (Phi) is 3.78. The molecule has 0 saturated carbocycles. The summed E-state index contributed by atoms with van der Waals surface area (Å²) < 4.78 is 0. The normalized spacial score (nSPS) is 22.0. The zero-order valence-electron chi connectivity index (χ0n) is 10.2. The molecule has 0 amide bonds. The van der Waals surface area contributed by atoms with Crippen LogP contribution in [0.1, 0.15) is 37.8 Å². The zero-order valence-corrected chi connectivity index (χ0v) is 10.2. The topological polar surface area (TPSA) is 28.2 Å². The molecule has 2 heterocycles. The van der Waals surface area contributed by atoms with Gasteiger partial charge in [0.1, 0.15) is 5.82 Å². The minimum absolute atomic E-state index is 0.581. The highest BCUT2D eigenvalue weighted by atomic mass is 15.2. The lowest BCUT2D eigenvalue weighted by molar-refractivity contribution is 0.157. The number of nitrogens with one attached hydrogen (secondary N) is 1. The standard InChI is InChI=1S/C13H21N3/c1-3-16-9-5-4-6-12(16)11-7-8-13(14-2)15-10-11/h7-8,10,12H,3-6,9H2,1-2H3,(H,14,15)/t12-/m0/s1.